The molecular formula is C32H40N2O4. The highest BCUT2D eigenvalue weighted by atomic mass is 16.8. The average Bonchev–Trinajstić information content (AvgIpc) is 3.53. The monoisotopic (exact) mass is 516 g/mol. The zero-order chi connectivity index (χ0) is 26.5. The molecule has 2 aromatic carbocycles. The molecule has 0 bridgehead atoms. The number of para-hydroxylation sites is 1. The molecule has 1 aliphatic carbocycles. The number of rotatable bonds is 6. The Labute approximate surface area is 226 Å². The molecule has 1 N–H and O–H groups in total. The van der Waals surface area contributed by atoms with Crippen LogP contribution in [0.25, 0.3) is 0 Å². The van der Waals surface area contributed by atoms with Gasteiger partial charge in [0.05, 0.1) is 30.3 Å². The number of carbonyl (C=O) groups excluding carboxylic acids is 1. The Morgan fingerprint density at radius 1 is 1.13 bits per heavy atom. The molecule has 6 nitrogen and oxygen atoms in total. The highest BCUT2D eigenvalue weighted by Gasteiger charge is 2.60. The van der Waals surface area contributed by atoms with Crippen LogP contribution in [0.2, 0.25) is 0 Å². The fraction of sp³-hybridized carbons (Fsp3) is 0.531. The van der Waals surface area contributed by atoms with Crippen LogP contribution in [0, 0.1) is 5.92 Å². The van der Waals surface area contributed by atoms with Crippen molar-refractivity contribution in [2.24, 2.45) is 5.92 Å². The smallest absolute Gasteiger partial charge is 0.335 e. The predicted molar refractivity (Wildman–Crippen MR) is 148 cm³/mol. The fourth-order valence-corrected chi connectivity index (χ4v) is 7.82. The number of esters is 1. The second kappa shape index (κ2) is 9.51. The molecule has 3 aliphatic heterocycles. The number of nitrogens with one attached hydrogen (secondary N) is 1. The minimum atomic E-state index is -0.583. The lowest BCUT2D eigenvalue weighted by Gasteiger charge is -2.43. The molecule has 2 aromatic rings. The number of nitrogens with zero attached hydrogens (tertiary/aromatic N) is 1. The van der Waals surface area contributed by atoms with Crippen molar-refractivity contribution in [2.75, 3.05) is 25.6 Å². The first-order valence-corrected chi connectivity index (χ1v) is 14.1. The topological polar surface area (TPSA) is 60.0 Å². The van der Waals surface area contributed by atoms with Gasteiger partial charge >= 0.3 is 5.97 Å². The van der Waals surface area contributed by atoms with Crippen LogP contribution in [0.4, 0.5) is 5.69 Å². The van der Waals surface area contributed by atoms with Crippen LogP contribution in [0.3, 0.4) is 0 Å². The highest BCUT2D eigenvalue weighted by molar-refractivity contribution is 5.92. The van der Waals surface area contributed by atoms with E-state index >= 15 is 0 Å². The van der Waals surface area contributed by atoms with E-state index in [0.717, 1.165) is 55.7 Å². The Bertz CT molecular complexity index is 1240. The van der Waals surface area contributed by atoms with Gasteiger partial charge in [-0.3, -0.25) is 4.90 Å². The fourth-order valence-electron chi connectivity index (χ4n) is 7.82. The van der Waals surface area contributed by atoms with E-state index in [1.807, 2.05) is 13.8 Å². The molecule has 0 saturated carbocycles. The first-order valence-electron chi connectivity index (χ1n) is 14.1. The molecule has 3 heterocycles. The van der Waals surface area contributed by atoms with Crippen molar-refractivity contribution in [3.8, 4) is 0 Å². The highest BCUT2D eigenvalue weighted by Crippen LogP contribution is 2.59. The van der Waals surface area contributed by atoms with Gasteiger partial charge < -0.3 is 19.5 Å². The molecule has 4 aliphatic rings. The number of anilines is 1. The lowest BCUT2D eigenvalue weighted by atomic mass is 9.67. The quantitative estimate of drug-likeness (QED) is 0.491. The van der Waals surface area contributed by atoms with Gasteiger partial charge in [-0.15, -0.1) is 0 Å². The molecule has 202 valence electrons. The Morgan fingerprint density at radius 3 is 2.61 bits per heavy atom. The van der Waals surface area contributed by atoms with Gasteiger partial charge in [-0.05, 0) is 69.1 Å². The van der Waals surface area contributed by atoms with Crippen LogP contribution in [-0.2, 0) is 31.0 Å². The standard InChI is InChI=1S/C32H40N2O4/c1-5-31(21-37-30(2,3)38-31)19-23-15-16-24(29(35)36-4)27-32(25-13-9-10-14-26(25)33-27)17-18-34(28(23)32)20-22-11-7-6-8-12-22/h6-14,23,28,33H,5,15-21H2,1-4H3/t23-,28-,31+,32-/m1/s1. The average molecular weight is 517 g/mol. The SMILES string of the molecule is CC[C@]1(C[C@H]2CCC(C(=O)OC)=C3Nc4ccccc4[C@]34CCN(Cc3ccccc3)[C@H]24)COC(C)(C)O1. The van der Waals surface area contributed by atoms with E-state index < -0.39 is 5.79 Å². The number of ether oxygens (including phenoxy) is 3. The molecule has 6 rings (SSSR count). The Balaban J connectivity index is 1.49. The van der Waals surface area contributed by atoms with Gasteiger partial charge in [0.1, 0.15) is 0 Å². The number of fused-ring (bicyclic) bond motifs is 1. The van der Waals surface area contributed by atoms with Crippen LogP contribution in [0.5, 0.6) is 0 Å². The summed E-state index contributed by atoms with van der Waals surface area (Å²) in [5, 5.41) is 3.74. The molecule has 6 heteroatoms. The third-order valence-corrected chi connectivity index (χ3v) is 9.40. The van der Waals surface area contributed by atoms with Gasteiger partial charge in [0.15, 0.2) is 5.79 Å². The summed E-state index contributed by atoms with van der Waals surface area (Å²) in [6, 6.07) is 19.6. The minimum absolute atomic E-state index is 0.215. The molecule has 0 amide bonds. The van der Waals surface area contributed by atoms with E-state index in [1.54, 1.807) is 0 Å². The molecule has 0 aromatic heterocycles. The van der Waals surface area contributed by atoms with Crippen molar-refractivity contribution in [3.05, 3.63) is 77.0 Å². The van der Waals surface area contributed by atoms with E-state index in [0.29, 0.717) is 18.9 Å². The van der Waals surface area contributed by atoms with E-state index in [2.05, 4.69) is 71.7 Å². The summed E-state index contributed by atoms with van der Waals surface area (Å²) >= 11 is 0. The van der Waals surface area contributed by atoms with Gasteiger partial charge in [-0.1, -0.05) is 55.5 Å². The van der Waals surface area contributed by atoms with Crippen LogP contribution in [-0.4, -0.2) is 48.6 Å². The maximum atomic E-state index is 13.2. The van der Waals surface area contributed by atoms with Crippen LogP contribution < -0.4 is 5.32 Å². The molecule has 0 unspecified atom stereocenters. The third-order valence-electron chi connectivity index (χ3n) is 9.40. The normalized spacial score (nSPS) is 31.8. The summed E-state index contributed by atoms with van der Waals surface area (Å²) in [7, 11) is 1.50. The third kappa shape index (κ3) is 4.09. The maximum Gasteiger partial charge on any atom is 0.335 e. The van der Waals surface area contributed by atoms with E-state index in [-0.39, 0.29) is 23.0 Å². The summed E-state index contributed by atoms with van der Waals surface area (Å²) < 4.78 is 18.1. The largest absolute Gasteiger partial charge is 0.466 e. The van der Waals surface area contributed by atoms with Crippen LogP contribution in [0.15, 0.2) is 65.9 Å². The number of hydrogen-bond donors (Lipinski definition) is 1. The van der Waals surface area contributed by atoms with E-state index in [1.165, 1.54) is 18.2 Å². The Morgan fingerprint density at radius 2 is 1.89 bits per heavy atom. The number of methoxy groups -OCH3 is 1. The molecule has 2 fully saturated rings. The summed E-state index contributed by atoms with van der Waals surface area (Å²) in [5.74, 6) is -0.490. The number of hydrogen-bond acceptors (Lipinski definition) is 6. The molecular weight excluding hydrogens is 476 g/mol. The van der Waals surface area contributed by atoms with Crippen molar-refractivity contribution >= 4 is 11.7 Å². The van der Waals surface area contributed by atoms with Gasteiger partial charge in [-0.2, -0.15) is 0 Å². The first-order chi connectivity index (χ1) is 18.3. The summed E-state index contributed by atoms with van der Waals surface area (Å²) in [6.45, 7) is 8.69. The lowest BCUT2D eigenvalue weighted by Crippen LogP contribution is -2.50. The van der Waals surface area contributed by atoms with Gasteiger partial charge in [0, 0.05) is 30.5 Å². The molecule has 1 spiro atoms. The zero-order valence-electron chi connectivity index (χ0n) is 23.1. The zero-order valence-corrected chi connectivity index (χ0v) is 23.1. The van der Waals surface area contributed by atoms with Crippen molar-refractivity contribution < 1.29 is 19.0 Å². The van der Waals surface area contributed by atoms with Crippen molar-refractivity contribution in [2.45, 2.75) is 82.3 Å². The molecule has 38 heavy (non-hydrogen) atoms. The summed E-state index contributed by atoms with van der Waals surface area (Å²) in [6.07, 6.45) is 4.35. The van der Waals surface area contributed by atoms with E-state index in [9.17, 15) is 4.79 Å². The summed E-state index contributed by atoms with van der Waals surface area (Å²) in [5.41, 5.74) is 4.96. The van der Waals surface area contributed by atoms with Crippen LogP contribution in [0.1, 0.15) is 64.0 Å². The molecule has 4 atom stereocenters. The maximum absolute atomic E-state index is 13.2. The predicted octanol–water partition coefficient (Wildman–Crippen LogP) is 5.78. The van der Waals surface area contributed by atoms with Gasteiger partial charge in [0.2, 0.25) is 0 Å². The molecule has 2 saturated heterocycles. The Kier molecular flexibility index (Phi) is 6.41. The number of likely N-dealkylation sites (tertiary alicyclic amines) is 1. The number of benzene rings is 2. The van der Waals surface area contributed by atoms with Crippen molar-refractivity contribution in [1.82, 2.24) is 4.90 Å². The second-order valence-electron chi connectivity index (χ2n) is 12.0. The first kappa shape index (κ1) is 25.6. The molecule has 0 radical (unpaired) electrons. The van der Waals surface area contributed by atoms with Crippen molar-refractivity contribution in [3.63, 3.8) is 0 Å². The van der Waals surface area contributed by atoms with Crippen LogP contribution >= 0.6 is 0 Å². The van der Waals surface area contributed by atoms with Crippen molar-refractivity contribution in [1.29, 1.82) is 0 Å². The van der Waals surface area contributed by atoms with E-state index in [4.69, 9.17) is 14.2 Å². The summed E-state index contributed by atoms with van der Waals surface area (Å²) in [4.78, 5) is 15.9. The van der Waals surface area contributed by atoms with Gasteiger partial charge in [0.25, 0.3) is 0 Å². The number of carbonyl (C=O) groups is 1. The second-order valence-corrected chi connectivity index (χ2v) is 12.0. The lowest BCUT2D eigenvalue weighted by molar-refractivity contribution is -0.167. The van der Waals surface area contributed by atoms with Gasteiger partial charge in [-0.25, -0.2) is 4.79 Å². The minimum Gasteiger partial charge on any atom is -0.466 e. The Hall–Kier alpha value is -2.67.